The lowest BCUT2D eigenvalue weighted by Crippen LogP contribution is -1.97. The molecule has 70 valence electrons. The molecule has 0 fully saturated rings. The van der Waals surface area contributed by atoms with Crippen molar-refractivity contribution in [3.63, 3.8) is 0 Å². The maximum atomic E-state index is 5.01. The quantitative estimate of drug-likeness (QED) is 0.392. The Hall–Kier alpha value is -1.28. The van der Waals surface area contributed by atoms with E-state index >= 15 is 0 Å². The number of benzene rings is 1. The van der Waals surface area contributed by atoms with Crippen LogP contribution in [0.15, 0.2) is 30.8 Å². The molecule has 0 atom stereocenters. The van der Waals surface area contributed by atoms with E-state index < -0.39 is 0 Å². The third-order valence-electron chi connectivity index (χ3n) is 1.56. The Labute approximate surface area is 78.7 Å². The molecule has 1 rings (SSSR count). The van der Waals surface area contributed by atoms with E-state index in [1.807, 2.05) is 31.2 Å². The van der Waals surface area contributed by atoms with E-state index in [1.54, 1.807) is 6.08 Å². The minimum Gasteiger partial charge on any atom is -0.338 e. The van der Waals surface area contributed by atoms with Gasteiger partial charge in [-0.2, -0.15) is 4.89 Å². The van der Waals surface area contributed by atoms with Crippen molar-refractivity contribution >= 4 is 6.08 Å². The van der Waals surface area contributed by atoms with Crippen LogP contribution in [0.25, 0.3) is 6.08 Å². The van der Waals surface area contributed by atoms with Crippen molar-refractivity contribution in [2.45, 2.75) is 13.3 Å². The number of hydrogen-bond donors (Lipinski definition) is 0. The highest BCUT2D eigenvalue weighted by atomic mass is 17.2. The van der Waals surface area contributed by atoms with E-state index in [9.17, 15) is 0 Å². The van der Waals surface area contributed by atoms with Crippen LogP contribution < -0.4 is 4.89 Å². The summed E-state index contributed by atoms with van der Waals surface area (Å²) in [6.45, 7) is 6.31. The average Bonchev–Trinajstić information content (AvgIpc) is 2.19. The van der Waals surface area contributed by atoms with Crippen molar-refractivity contribution in [3.8, 4) is 5.75 Å². The second kappa shape index (κ2) is 5.38. The fourth-order valence-electron chi connectivity index (χ4n) is 0.853. The molecule has 1 aromatic carbocycles. The molecule has 13 heavy (non-hydrogen) atoms. The number of rotatable bonds is 5. The summed E-state index contributed by atoms with van der Waals surface area (Å²) in [6.07, 6.45) is 2.74. The second-order valence-corrected chi connectivity index (χ2v) is 2.68. The Balaban J connectivity index is 2.44. The van der Waals surface area contributed by atoms with Crippen molar-refractivity contribution in [1.82, 2.24) is 0 Å². The first kappa shape index (κ1) is 9.81. The highest BCUT2D eigenvalue weighted by molar-refractivity contribution is 5.48. The Bertz CT molecular complexity index is 251. The SMILES string of the molecule is C=Cc1ccc(OOCCC)cc1. The maximum Gasteiger partial charge on any atom is 0.165 e. The molecule has 0 aromatic heterocycles. The van der Waals surface area contributed by atoms with Gasteiger partial charge in [-0.25, -0.2) is 0 Å². The van der Waals surface area contributed by atoms with Gasteiger partial charge in [0.25, 0.3) is 0 Å². The minimum atomic E-state index is 0.614. The molecule has 0 spiro atoms. The first-order valence-corrected chi connectivity index (χ1v) is 4.38. The minimum absolute atomic E-state index is 0.614. The van der Waals surface area contributed by atoms with Gasteiger partial charge in [-0.1, -0.05) is 31.7 Å². The standard InChI is InChI=1S/C11H14O2/c1-3-9-12-13-11-7-5-10(4-2)6-8-11/h4-8H,2-3,9H2,1H3. The van der Waals surface area contributed by atoms with Crippen LogP contribution in [0.4, 0.5) is 0 Å². The topological polar surface area (TPSA) is 18.5 Å². The Morgan fingerprint density at radius 2 is 2.00 bits per heavy atom. The molecular weight excluding hydrogens is 164 g/mol. The van der Waals surface area contributed by atoms with Gasteiger partial charge in [0.1, 0.15) is 0 Å². The van der Waals surface area contributed by atoms with Gasteiger partial charge in [0.2, 0.25) is 0 Å². The molecule has 0 unspecified atom stereocenters. The molecule has 0 aliphatic carbocycles. The molecule has 2 nitrogen and oxygen atoms in total. The molecule has 0 heterocycles. The Kier molecular flexibility index (Phi) is 4.06. The van der Waals surface area contributed by atoms with Gasteiger partial charge in [-0.15, -0.1) is 0 Å². The van der Waals surface area contributed by atoms with Crippen LogP contribution in [0.3, 0.4) is 0 Å². The predicted molar refractivity (Wildman–Crippen MR) is 53.4 cm³/mol. The Morgan fingerprint density at radius 1 is 1.31 bits per heavy atom. The van der Waals surface area contributed by atoms with Gasteiger partial charge in [0.15, 0.2) is 5.75 Å². The van der Waals surface area contributed by atoms with E-state index in [4.69, 9.17) is 9.78 Å². The zero-order chi connectivity index (χ0) is 9.52. The van der Waals surface area contributed by atoms with Crippen LogP contribution in [-0.4, -0.2) is 6.61 Å². The largest absolute Gasteiger partial charge is 0.338 e. The molecule has 0 bridgehead atoms. The highest BCUT2D eigenvalue weighted by Crippen LogP contribution is 2.12. The molecule has 0 amide bonds. The molecule has 0 N–H and O–H groups in total. The first-order chi connectivity index (χ1) is 6.36. The van der Waals surface area contributed by atoms with Gasteiger partial charge in [-0.05, 0) is 24.1 Å². The predicted octanol–water partition coefficient (Wildman–Crippen LogP) is 3.05. The summed E-state index contributed by atoms with van der Waals surface area (Å²) in [7, 11) is 0. The summed E-state index contributed by atoms with van der Waals surface area (Å²) in [5, 5.41) is 0. The summed E-state index contributed by atoms with van der Waals surface area (Å²) in [6, 6.07) is 7.56. The molecular formula is C11H14O2. The fourth-order valence-corrected chi connectivity index (χ4v) is 0.853. The van der Waals surface area contributed by atoms with Gasteiger partial charge >= 0.3 is 0 Å². The van der Waals surface area contributed by atoms with Crippen molar-refractivity contribution in [2.75, 3.05) is 6.61 Å². The van der Waals surface area contributed by atoms with E-state index in [0.29, 0.717) is 6.61 Å². The van der Waals surface area contributed by atoms with Gasteiger partial charge < -0.3 is 4.89 Å². The lowest BCUT2D eigenvalue weighted by molar-refractivity contribution is -0.206. The van der Waals surface area contributed by atoms with Crippen molar-refractivity contribution in [2.24, 2.45) is 0 Å². The van der Waals surface area contributed by atoms with Crippen molar-refractivity contribution < 1.29 is 9.78 Å². The summed E-state index contributed by atoms with van der Waals surface area (Å²) in [4.78, 5) is 9.93. The maximum absolute atomic E-state index is 5.01. The highest BCUT2D eigenvalue weighted by Gasteiger charge is 1.93. The summed E-state index contributed by atoms with van der Waals surface area (Å²) in [5.74, 6) is 0.721. The van der Waals surface area contributed by atoms with E-state index in [-0.39, 0.29) is 0 Å². The van der Waals surface area contributed by atoms with E-state index in [2.05, 4.69) is 6.58 Å². The third-order valence-corrected chi connectivity index (χ3v) is 1.56. The molecule has 2 heteroatoms. The lowest BCUT2D eigenvalue weighted by Gasteiger charge is -2.03. The van der Waals surface area contributed by atoms with Crippen LogP contribution in [0.1, 0.15) is 18.9 Å². The fraction of sp³-hybridized carbons (Fsp3) is 0.273. The van der Waals surface area contributed by atoms with Gasteiger partial charge in [0, 0.05) is 0 Å². The molecule has 0 aliphatic heterocycles. The van der Waals surface area contributed by atoms with Crippen LogP contribution in [0.2, 0.25) is 0 Å². The van der Waals surface area contributed by atoms with Crippen LogP contribution in [0.5, 0.6) is 5.75 Å². The second-order valence-electron chi connectivity index (χ2n) is 2.68. The molecule has 0 saturated heterocycles. The first-order valence-electron chi connectivity index (χ1n) is 4.38. The third kappa shape index (κ3) is 3.30. The zero-order valence-corrected chi connectivity index (χ0v) is 7.82. The molecule has 0 aliphatic rings. The van der Waals surface area contributed by atoms with Crippen LogP contribution in [0, 0.1) is 0 Å². The average molecular weight is 178 g/mol. The number of hydrogen-bond acceptors (Lipinski definition) is 2. The summed E-state index contributed by atoms with van der Waals surface area (Å²) < 4.78 is 0. The summed E-state index contributed by atoms with van der Waals surface area (Å²) >= 11 is 0. The summed E-state index contributed by atoms with van der Waals surface area (Å²) in [5.41, 5.74) is 1.07. The van der Waals surface area contributed by atoms with Crippen LogP contribution >= 0.6 is 0 Å². The van der Waals surface area contributed by atoms with Gasteiger partial charge in [0.05, 0.1) is 6.61 Å². The zero-order valence-electron chi connectivity index (χ0n) is 7.82. The lowest BCUT2D eigenvalue weighted by atomic mass is 10.2. The normalized spacial score (nSPS) is 9.62. The van der Waals surface area contributed by atoms with E-state index in [1.165, 1.54) is 0 Å². The molecule has 0 saturated carbocycles. The van der Waals surface area contributed by atoms with Crippen molar-refractivity contribution in [1.29, 1.82) is 0 Å². The smallest absolute Gasteiger partial charge is 0.165 e. The monoisotopic (exact) mass is 178 g/mol. The molecule has 1 aromatic rings. The Morgan fingerprint density at radius 3 is 2.54 bits per heavy atom. The van der Waals surface area contributed by atoms with Crippen LogP contribution in [-0.2, 0) is 4.89 Å². The van der Waals surface area contributed by atoms with Crippen molar-refractivity contribution in [3.05, 3.63) is 36.4 Å². The van der Waals surface area contributed by atoms with E-state index in [0.717, 1.165) is 17.7 Å². The van der Waals surface area contributed by atoms with Gasteiger partial charge in [-0.3, -0.25) is 0 Å². The molecule has 0 radical (unpaired) electrons.